The molecule has 2 rings (SSSR count). The van der Waals surface area contributed by atoms with Gasteiger partial charge < -0.3 is 16.0 Å². The molecule has 17 heavy (non-hydrogen) atoms. The highest BCUT2D eigenvalue weighted by molar-refractivity contribution is 5.80. The number of fused-ring (bicyclic) bond motifs is 1. The van der Waals surface area contributed by atoms with E-state index in [0.29, 0.717) is 0 Å². The summed E-state index contributed by atoms with van der Waals surface area (Å²) in [7, 11) is 0. The number of nitrogens with one attached hydrogen (secondary N) is 2. The molecule has 0 aliphatic carbocycles. The van der Waals surface area contributed by atoms with Crippen molar-refractivity contribution >= 4 is 22.7 Å². The van der Waals surface area contributed by atoms with E-state index in [4.69, 9.17) is 5.73 Å². The van der Waals surface area contributed by atoms with Gasteiger partial charge >= 0.3 is 0 Å². The average molecular weight is 232 g/mol. The molecule has 0 radical (unpaired) electrons. The number of nitrogen functional groups attached to an aromatic ring is 1. The third kappa shape index (κ3) is 3.12. The van der Waals surface area contributed by atoms with Crippen LogP contribution >= 0.6 is 0 Å². The number of rotatable bonds is 5. The number of imidazole rings is 1. The fourth-order valence-corrected chi connectivity index (χ4v) is 1.83. The predicted octanol–water partition coefficient (Wildman–Crippen LogP) is 2.99. The van der Waals surface area contributed by atoms with E-state index in [1.807, 2.05) is 18.2 Å². The van der Waals surface area contributed by atoms with Gasteiger partial charge in [-0.1, -0.05) is 13.8 Å². The van der Waals surface area contributed by atoms with Crippen LogP contribution in [0.3, 0.4) is 0 Å². The summed E-state index contributed by atoms with van der Waals surface area (Å²) in [4.78, 5) is 7.67. The summed E-state index contributed by atoms with van der Waals surface area (Å²) >= 11 is 0. The molecule has 1 aromatic carbocycles. The molecule has 0 aliphatic rings. The standard InChI is InChI=1S/C13H20N4/c1-9(2)4-3-7-15-13-16-11-6-5-10(14)8-12(11)17-13/h5-6,8-9H,3-4,7,14H2,1-2H3,(H2,15,16,17). The minimum Gasteiger partial charge on any atom is -0.399 e. The monoisotopic (exact) mass is 232 g/mol. The first-order valence-corrected chi connectivity index (χ1v) is 6.14. The van der Waals surface area contributed by atoms with Crippen LogP contribution in [-0.4, -0.2) is 16.5 Å². The summed E-state index contributed by atoms with van der Waals surface area (Å²) in [6.07, 6.45) is 2.40. The summed E-state index contributed by atoms with van der Waals surface area (Å²) < 4.78 is 0. The van der Waals surface area contributed by atoms with E-state index in [2.05, 4.69) is 29.1 Å². The summed E-state index contributed by atoms with van der Waals surface area (Å²) in [5.41, 5.74) is 8.41. The smallest absolute Gasteiger partial charge is 0.201 e. The fourth-order valence-electron chi connectivity index (χ4n) is 1.83. The molecule has 0 aliphatic heterocycles. The lowest BCUT2D eigenvalue weighted by Crippen LogP contribution is -2.04. The molecule has 1 aromatic heterocycles. The number of benzene rings is 1. The average Bonchev–Trinajstić information content (AvgIpc) is 2.66. The Labute approximate surface area is 102 Å². The van der Waals surface area contributed by atoms with Gasteiger partial charge in [0.05, 0.1) is 11.0 Å². The molecule has 0 amide bonds. The largest absolute Gasteiger partial charge is 0.399 e. The zero-order valence-corrected chi connectivity index (χ0v) is 10.5. The van der Waals surface area contributed by atoms with E-state index in [1.165, 1.54) is 6.42 Å². The molecule has 2 aromatic rings. The lowest BCUT2D eigenvalue weighted by Gasteiger charge is -2.04. The molecule has 4 heteroatoms. The van der Waals surface area contributed by atoms with Crippen LogP contribution in [-0.2, 0) is 0 Å². The zero-order valence-electron chi connectivity index (χ0n) is 10.5. The molecule has 0 saturated carbocycles. The van der Waals surface area contributed by atoms with Gasteiger partial charge in [0.1, 0.15) is 0 Å². The minimum absolute atomic E-state index is 0.757. The van der Waals surface area contributed by atoms with Crippen LogP contribution in [0.25, 0.3) is 11.0 Å². The Morgan fingerprint density at radius 3 is 3.00 bits per heavy atom. The molecule has 0 saturated heterocycles. The Balaban J connectivity index is 1.95. The first-order chi connectivity index (χ1) is 8.15. The highest BCUT2D eigenvalue weighted by atomic mass is 15.1. The van der Waals surface area contributed by atoms with Crippen LogP contribution in [0.4, 0.5) is 11.6 Å². The van der Waals surface area contributed by atoms with Crippen LogP contribution in [0.15, 0.2) is 18.2 Å². The maximum atomic E-state index is 5.72. The van der Waals surface area contributed by atoms with Crippen LogP contribution in [0, 0.1) is 5.92 Å². The second-order valence-electron chi connectivity index (χ2n) is 4.82. The number of nitrogens with two attached hydrogens (primary N) is 1. The van der Waals surface area contributed by atoms with Crippen molar-refractivity contribution in [3.8, 4) is 0 Å². The van der Waals surface area contributed by atoms with E-state index in [-0.39, 0.29) is 0 Å². The molecule has 92 valence electrons. The number of H-pyrrole nitrogens is 1. The topological polar surface area (TPSA) is 66.7 Å². The summed E-state index contributed by atoms with van der Waals surface area (Å²) in [5, 5.41) is 3.30. The number of hydrogen-bond acceptors (Lipinski definition) is 3. The minimum atomic E-state index is 0.757. The maximum Gasteiger partial charge on any atom is 0.201 e. The second kappa shape index (κ2) is 5.08. The van der Waals surface area contributed by atoms with Gasteiger partial charge in [-0.2, -0.15) is 0 Å². The summed E-state index contributed by atoms with van der Waals surface area (Å²) in [6.45, 7) is 5.43. The molecule has 4 nitrogen and oxygen atoms in total. The van der Waals surface area contributed by atoms with Gasteiger partial charge in [-0.05, 0) is 37.0 Å². The molecular formula is C13H20N4. The molecule has 0 unspecified atom stereocenters. The van der Waals surface area contributed by atoms with E-state index in [0.717, 1.165) is 41.6 Å². The molecule has 0 spiro atoms. The van der Waals surface area contributed by atoms with E-state index in [9.17, 15) is 0 Å². The van der Waals surface area contributed by atoms with E-state index < -0.39 is 0 Å². The number of hydrogen-bond donors (Lipinski definition) is 3. The zero-order chi connectivity index (χ0) is 12.3. The second-order valence-corrected chi connectivity index (χ2v) is 4.82. The van der Waals surface area contributed by atoms with Gasteiger partial charge in [-0.15, -0.1) is 0 Å². The van der Waals surface area contributed by atoms with Gasteiger partial charge in [0, 0.05) is 12.2 Å². The van der Waals surface area contributed by atoms with Crippen LogP contribution in [0.1, 0.15) is 26.7 Å². The van der Waals surface area contributed by atoms with Crippen molar-refractivity contribution in [1.29, 1.82) is 0 Å². The van der Waals surface area contributed by atoms with Gasteiger partial charge in [0.15, 0.2) is 0 Å². The van der Waals surface area contributed by atoms with Gasteiger partial charge in [-0.25, -0.2) is 4.98 Å². The molecule has 1 heterocycles. The van der Waals surface area contributed by atoms with Gasteiger partial charge in [0.25, 0.3) is 0 Å². The summed E-state index contributed by atoms with van der Waals surface area (Å²) in [6, 6.07) is 5.70. The van der Waals surface area contributed by atoms with Crippen LogP contribution in [0.5, 0.6) is 0 Å². The summed E-state index contributed by atoms with van der Waals surface area (Å²) in [5.74, 6) is 1.58. The van der Waals surface area contributed by atoms with Crippen molar-refractivity contribution in [3.05, 3.63) is 18.2 Å². The fraction of sp³-hybridized carbons (Fsp3) is 0.462. The predicted molar refractivity (Wildman–Crippen MR) is 73.1 cm³/mol. The maximum absolute atomic E-state index is 5.72. The molecule has 4 N–H and O–H groups in total. The van der Waals surface area contributed by atoms with Crippen molar-refractivity contribution in [2.24, 2.45) is 5.92 Å². The highest BCUT2D eigenvalue weighted by Crippen LogP contribution is 2.17. The highest BCUT2D eigenvalue weighted by Gasteiger charge is 2.02. The Hall–Kier alpha value is -1.71. The van der Waals surface area contributed by atoms with Crippen molar-refractivity contribution in [2.75, 3.05) is 17.6 Å². The number of aromatic nitrogens is 2. The van der Waals surface area contributed by atoms with Crippen molar-refractivity contribution in [1.82, 2.24) is 9.97 Å². The Bertz CT molecular complexity index is 487. The van der Waals surface area contributed by atoms with Crippen molar-refractivity contribution < 1.29 is 0 Å². The Morgan fingerprint density at radius 1 is 1.41 bits per heavy atom. The molecule has 0 bridgehead atoms. The quantitative estimate of drug-likeness (QED) is 0.548. The number of anilines is 2. The number of nitrogens with zero attached hydrogens (tertiary/aromatic N) is 1. The SMILES string of the molecule is CC(C)CCCNc1nc2ccc(N)cc2[nH]1. The lowest BCUT2D eigenvalue weighted by molar-refractivity contribution is 0.566. The van der Waals surface area contributed by atoms with Crippen molar-refractivity contribution in [2.45, 2.75) is 26.7 Å². The molecule has 0 fully saturated rings. The Morgan fingerprint density at radius 2 is 2.24 bits per heavy atom. The van der Waals surface area contributed by atoms with Crippen LogP contribution in [0.2, 0.25) is 0 Å². The van der Waals surface area contributed by atoms with E-state index >= 15 is 0 Å². The third-order valence-corrected chi connectivity index (χ3v) is 2.76. The third-order valence-electron chi connectivity index (χ3n) is 2.76. The lowest BCUT2D eigenvalue weighted by atomic mass is 10.1. The van der Waals surface area contributed by atoms with Gasteiger partial charge in [0.2, 0.25) is 5.95 Å². The Kier molecular flexibility index (Phi) is 3.52. The normalized spacial score (nSPS) is 11.2. The molecule has 0 atom stereocenters. The van der Waals surface area contributed by atoms with Crippen molar-refractivity contribution in [3.63, 3.8) is 0 Å². The molecular weight excluding hydrogens is 212 g/mol. The van der Waals surface area contributed by atoms with E-state index in [1.54, 1.807) is 0 Å². The first-order valence-electron chi connectivity index (χ1n) is 6.14. The number of aromatic amines is 1. The van der Waals surface area contributed by atoms with Crippen LogP contribution < -0.4 is 11.1 Å². The van der Waals surface area contributed by atoms with Gasteiger partial charge in [-0.3, -0.25) is 0 Å². The first kappa shape index (κ1) is 11.8.